The van der Waals surface area contributed by atoms with Gasteiger partial charge in [-0.05, 0) is 18.8 Å². The van der Waals surface area contributed by atoms with Crippen LogP contribution in [0.15, 0.2) is 0 Å². The molecule has 0 heterocycles. The molecule has 102 valence electrons. The van der Waals surface area contributed by atoms with E-state index in [9.17, 15) is 13.2 Å². The van der Waals surface area contributed by atoms with Gasteiger partial charge >= 0.3 is 5.97 Å². The lowest BCUT2D eigenvalue weighted by Crippen LogP contribution is -2.47. The molecule has 0 aromatic rings. The van der Waals surface area contributed by atoms with Crippen LogP contribution in [0.1, 0.15) is 33.6 Å². The minimum atomic E-state index is -3.71. The average Bonchev–Trinajstić information content (AvgIpc) is 2.15. The quantitative estimate of drug-likeness (QED) is 0.675. The lowest BCUT2D eigenvalue weighted by atomic mass is 10.1. The van der Waals surface area contributed by atoms with Crippen molar-refractivity contribution in [2.75, 3.05) is 13.6 Å². The first kappa shape index (κ1) is 16.3. The van der Waals surface area contributed by atoms with Crippen molar-refractivity contribution in [1.82, 2.24) is 9.03 Å². The molecule has 0 aromatic heterocycles. The third-order valence-corrected chi connectivity index (χ3v) is 3.83. The topological polar surface area (TPSA) is 86.7 Å². The molecule has 0 amide bonds. The Morgan fingerprint density at radius 3 is 2.29 bits per heavy atom. The Hall–Kier alpha value is -0.660. The third-order valence-electron chi connectivity index (χ3n) is 2.25. The molecule has 17 heavy (non-hydrogen) atoms. The van der Waals surface area contributed by atoms with Crippen LogP contribution in [0.5, 0.6) is 0 Å². The Kier molecular flexibility index (Phi) is 6.66. The molecule has 6 nitrogen and oxygen atoms in total. The van der Waals surface area contributed by atoms with E-state index in [1.54, 1.807) is 0 Å². The Bertz CT molecular complexity index is 340. The Morgan fingerprint density at radius 2 is 1.94 bits per heavy atom. The van der Waals surface area contributed by atoms with Crippen molar-refractivity contribution in [3.05, 3.63) is 0 Å². The number of nitrogens with zero attached hydrogens (tertiary/aromatic N) is 1. The summed E-state index contributed by atoms with van der Waals surface area (Å²) in [6.07, 6.45) is 0.952. The van der Waals surface area contributed by atoms with E-state index in [-0.39, 0.29) is 12.3 Å². The summed E-state index contributed by atoms with van der Waals surface area (Å²) in [6.45, 7) is 5.91. The van der Waals surface area contributed by atoms with Gasteiger partial charge in [0.25, 0.3) is 10.2 Å². The van der Waals surface area contributed by atoms with Crippen LogP contribution < -0.4 is 4.72 Å². The van der Waals surface area contributed by atoms with Crippen molar-refractivity contribution in [2.24, 2.45) is 5.92 Å². The smallest absolute Gasteiger partial charge is 0.321 e. The van der Waals surface area contributed by atoms with Gasteiger partial charge in [0.15, 0.2) is 0 Å². The maximum atomic E-state index is 11.8. The molecule has 0 radical (unpaired) electrons. The second-order valence-electron chi connectivity index (χ2n) is 4.46. The van der Waals surface area contributed by atoms with Gasteiger partial charge in [-0.3, -0.25) is 4.79 Å². The van der Waals surface area contributed by atoms with Crippen LogP contribution in [0.2, 0.25) is 0 Å². The van der Waals surface area contributed by atoms with E-state index in [0.717, 1.165) is 4.31 Å². The van der Waals surface area contributed by atoms with Gasteiger partial charge in [-0.25, -0.2) is 0 Å². The normalized spacial score (nSPS) is 14.2. The molecule has 0 saturated carbocycles. The molecule has 0 bridgehead atoms. The fraction of sp³-hybridized carbons (Fsp3) is 0.900. The van der Waals surface area contributed by atoms with Crippen LogP contribution >= 0.6 is 0 Å². The second kappa shape index (κ2) is 6.93. The highest BCUT2D eigenvalue weighted by atomic mass is 32.2. The summed E-state index contributed by atoms with van der Waals surface area (Å²) in [5, 5.41) is 8.95. The summed E-state index contributed by atoms with van der Waals surface area (Å²) in [5.41, 5.74) is 0. The van der Waals surface area contributed by atoms with Crippen molar-refractivity contribution in [3.63, 3.8) is 0 Å². The molecular formula is C10H22N2O4S. The van der Waals surface area contributed by atoms with Gasteiger partial charge < -0.3 is 5.11 Å². The first-order chi connectivity index (χ1) is 7.70. The van der Waals surface area contributed by atoms with Gasteiger partial charge in [0, 0.05) is 13.6 Å². The Labute approximate surface area is 103 Å². The van der Waals surface area contributed by atoms with Crippen molar-refractivity contribution in [1.29, 1.82) is 0 Å². The zero-order chi connectivity index (χ0) is 13.6. The lowest BCUT2D eigenvalue weighted by Gasteiger charge is -2.21. The van der Waals surface area contributed by atoms with E-state index in [1.165, 1.54) is 7.05 Å². The predicted octanol–water partition coefficient (Wildman–Crippen LogP) is 0.662. The highest BCUT2D eigenvalue weighted by molar-refractivity contribution is 7.87. The largest absolute Gasteiger partial charge is 0.480 e. The van der Waals surface area contributed by atoms with Crippen LogP contribution in [0.4, 0.5) is 0 Å². The molecule has 0 unspecified atom stereocenters. The number of carboxylic acids is 1. The van der Waals surface area contributed by atoms with E-state index in [4.69, 9.17) is 5.11 Å². The molecule has 0 aliphatic carbocycles. The highest BCUT2D eigenvalue weighted by Crippen LogP contribution is 2.07. The molecule has 0 rings (SSSR count). The molecule has 0 aromatic carbocycles. The molecule has 0 spiro atoms. The summed E-state index contributed by atoms with van der Waals surface area (Å²) >= 11 is 0. The van der Waals surface area contributed by atoms with Crippen LogP contribution in [-0.2, 0) is 15.0 Å². The molecule has 1 atom stereocenters. The van der Waals surface area contributed by atoms with Crippen molar-refractivity contribution < 1.29 is 18.3 Å². The SMILES string of the molecule is CCCN(C)S(=O)(=O)N[C@@H](CC(C)C)C(=O)O. The number of rotatable bonds is 8. The van der Waals surface area contributed by atoms with Gasteiger partial charge in [0.05, 0.1) is 0 Å². The fourth-order valence-corrected chi connectivity index (χ4v) is 2.54. The monoisotopic (exact) mass is 266 g/mol. The van der Waals surface area contributed by atoms with Crippen molar-refractivity contribution >= 4 is 16.2 Å². The predicted molar refractivity (Wildman–Crippen MR) is 65.9 cm³/mol. The standard InChI is InChI=1S/C10H22N2O4S/c1-5-6-12(4)17(15,16)11-9(10(13)14)7-8(2)3/h8-9,11H,5-7H2,1-4H3,(H,13,14)/t9-/m0/s1. The Balaban J connectivity index is 4.69. The summed E-state index contributed by atoms with van der Waals surface area (Å²) in [7, 11) is -2.28. The first-order valence-electron chi connectivity index (χ1n) is 5.67. The Morgan fingerprint density at radius 1 is 1.41 bits per heavy atom. The molecule has 0 aliphatic heterocycles. The average molecular weight is 266 g/mol. The van der Waals surface area contributed by atoms with E-state index >= 15 is 0 Å². The first-order valence-corrected chi connectivity index (χ1v) is 7.11. The van der Waals surface area contributed by atoms with Gasteiger partial charge in [-0.15, -0.1) is 0 Å². The zero-order valence-corrected chi connectivity index (χ0v) is 11.6. The van der Waals surface area contributed by atoms with Gasteiger partial charge in [0.2, 0.25) is 0 Å². The summed E-state index contributed by atoms with van der Waals surface area (Å²) in [5.74, 6) is -1.04. The van der Waals surface area contributed by atoms with Crippen molar-refractivity contribution in [2.45, 2.75) is 39.7 Å². The fourth-order valence-electron chi connectivity index (χ4n) is 1.38. The molecular weight excluding hydrogens is 244 g/mol. The minimum absolute atomic E-state index is 0.107. The van der Waals surface area contributed by atoms with Crippen molar-refractivity contribution in [3.8, 4) is 0 Å². The molecule has 2 N–H and O–H groups in total. The van der Waals surface area contributed by atoms with Gasteiger partial charge in [0.1, 0.15) is 6.04 Å². The number of hydrogen-bond donors (Lipinski definition) is 2. The molecule has 0 fully saturated rings. The second-order valence-corrected chi connectivity index (χ2v) is 6.27. The van der Waals surface area contributed by atoms with E-state index in [2.05, 4.69) is 4.72 Å². The van der Waals surface area contributed by atoms with Gasteiger partial charge in [-0.2, -0.15) is 17.4 Å². The van der Waals surface area contributed by atoms with Crippen LogP contribution in [0, 0.1) is 5.92 Å². The summed E-state index contributed by atoms with van der Waals surface area (Å²) in [6, 6.07) is -1.07. The third kappa shape index (κ3) is 5.99. The number of nitrogens with one attached hydrogen (secondary N) is 1. The number of carboxylic acid groups (broad SMARTS) is 1. The van der Waals surface area contributed by atoms with Crippen LogP contribution in [0.3, 0.4) is 0 Å². The molecule has 0 aliphatic rings. The minimum Gasteiger partial charge on any atom is -0.480 e. The van der Waals surface area contributed by atoms with E-state index in [1.807, 2.05) is 20.8 Å². The van der Waals surface area contributed by atoms with Crippen LogP contribution in [-0.4, -0.2) is 43.4 Å². The number of carbonyl (C=O) groups is 1. The van der Waals surface area contributed by atoms with Crippen LogP contribution in [0.25, 0.3) is 0 Å². The van der Waals surface area contributed by atoms with E-state index < -0.39 is 22.2 Å². The molecule has 0 saturated heterocycles. The number of hydrogen-bond acceptors (Lipinski definition) is 3. The van der Waals surface area contributed by atoms with E-state index in [0.29, 0.717) is 13.0 Å². The maximum absolute atomic E-state index is 11.8. The van der Waals surface area contributed by atoms with Gasteiger partial charge in [-0.1, -0.05) is 20.8 Å². The summed E-state index contributed by atoms with van der Waals surface area (Å²) in [4.78, 5) is 10.9. The highest BCUT2D eigenvalue weighted by Gasteiger charge is 2.27. The maximum Gasteiger partial charge on any atom is 0.321 e. The zero-order valence-electron chi connectivity index (χ0n) is 10.8. The number of aliphatic carboxylic acids is 1. The molecule has 7 heteroatoms. The summed E-state index contributed by atoms with van der Waals surface area (Å²) < 4.78 is 26.9. The lowest BCUT2D eigenvalue weighted by molar-refractivity contribution is -0.139.